The fourth-order valence-electron chi connectivity index (χ4n) is 0.225. The molecule has 0 amide bonds. The van der Waals surface area contributed by atoms with Gasteiger partial charge in [0, 0.05) is 6.20 Å². The first kappa shape index (κ1) is 6.95. The van der Waals surface area contributed by atoms with Crippen molar-refractivity contribution in [1.82, 2.24) is 5.32 Å². The summed E-state index contributed by atoms with van der Waals surface area (Å²) in [5.41, 5.74) is 0. The summed E-state index contributed by atoms with van der Waals surface area (Å²) in [5, 5.41) is 2.70. The number of allylic oxidation sites excluding steroid dienone is 1. The maximum absolute atomic E-state index is 3.79. The zero-order chi connectivity index (χ0) is 6.24. The molecule has 0 spiro atoms. The van der Waals surface area contributed by atoms with Crippen molar-refractivity contribution in [2.45, 2.75) is 6.92 Å². The van der Waals surface area contributed by atoms with Crippen LogP contribution in [0.15, 0.2) is 30.0 Å². The molecule has 8 heavy (non-hydrogen) atoms. The molecule has 0 heterocycles. The number of nitrogens with one attached hydrogen (secondary N) is 1. The number of nitrogens with zero attached hydrogens (tertiary/aromatic N) is 1. The molecule has 0 saturated carbocycles. The van der Waals surface area contributed by atoms with E-state index in [9.17, 15) is 0 Å². The summed E-state index contributed by atoms with van der Waals surface area (Å²) in [5.74, 6) is 0. The highest BCUT2D eigenvalue weighted by molar-refractivity contribution is 5.56. The zero-order valence-electron chi connectivity index (χ0n) is 4.96. The van der Waals surface area contributed by atoms with E-state index in [4.69, 9.17) is 0 Å². The smallest absolute Gasteiger partial charge is 0.0918 e. The zero-order valence-corrected chi connectivity index (χ0v) is 4.96. The van der Waals surface area contributed by atoms with Crippen LogP contribution in [0, 0.1) is 0 Å². The number of hydrogen-bond donors (Lipinski definition) is 1. The van der Waals surface area contributed by atoms with E-state index in [1.54, 1.807) is 18.7 Å². The Hall–Kier alpha value is -1.05. The Morgan fingerprint density at radius 2 is 2.38 bits per heavy atom. The lowest BCUT2D eigenvalue weighted by atomic mass is 10.7. The Kier molecular flexibility index (Phi) is 5.17. The van der Waals surface area contributed by atoms with Crippen LogP contribution in [0.2, 0.25) is 0 Å². The molecule has 1 N–H and O–H groups in total. The quantitative estimate of drug-likeness (QED) is 0.429. The van der Waals surface area contributed by atoms with Gasteiger partial charge in [-0.05, 0) is 13.1 Å². The third-order valence-corrected chi connectivity index (χ3v) is 0.502. The van der Waals surface area contributed by atoms with E-state index in [-0.39, 0.29) is 0 Å². The highest BCUT2D eigenvalue weighted by Crippen LogP contribution is 1.67. The molecule has 0 unspecified atom stereocenters. The normalized spacial score (nSPS) is 10.6. The van der Waals surface area contributed by atoms with Gasteiger partial charge in [-0.2, -0.15) is 0 Å². The van der Waals surface area contributed by atoms with E-state index in [0.717, 1.165) is 0 Å². The molecular weight excluding hydrogens is 100 g/mol. The summed E-state index contributed by atoms with van der Waals surface area (Å²) in [6, 6.07) is 0. The molecule has 0 bridgehead atoms. The largest absolute Gasteiger partial charge is 0.353 e. The van der Waals surface area contributed by atoms with Gasteiger partial charge in [0.15, 0.2) is 0 Å². The number of rotatable bonds is 3. The van der Waals surface area contributed by atoms with Gasteiger partial charge >= 0.3 is 0 Å². The summed E-state index contributed by atoms with van der Waals surface area (Å²) in [6.45, 7) is 5.34. The average molecular weight is 110 g/mol. The number of aliphatic imine (C=N–C) groups is 1. The van der Waals surface area contributed by atoms with Crippen LogP contribution in [-0.4, -0.2) is 6.34 Å². The molecule has 2 nitrogen and oxygen atoms in total. The fraction of sp³-hybridized carbons (Fsp3) is 0.167. The highest BCUT2D eigenvalue weighted by atomic mass is 14.9. The molecule has 0 rings (SSSR count). The minimum atomic E-state index is 1.56. The molecule has 0 aromatic rings. The first-order valence-electron chi connectivity index (χ1n) is 2.41. The lowest BCUT2D eigenvalue weighted by Gasteiger charge is -1.80. The third kappa shape index (κ3) is 4.95. The predicted octanol–water partition coefficient (Wildman–Crippen LogP) is 1.28. The summed E-state index contributed by atoms with van der Waals surface area (Å²) in [6.07, 6.45) is 6.66. The van der Waals surface area contributed by atoms with Crippen LogP contribution >= 0.6 is 0 Å². The van der Waals surface area contributed by atoms with Gasteiger partial charge in [-0.25, -0.2) is 4.99 Å². The van der Waals surface area contributed by atoms with Crippen LogP contribution in [0.4, 0.5) is 0 Å². The Morgan fingerprint density at radius 1 is 1.62 bits per heavy atom. The topological polar surface area (TPSA) is 24.4 Å². The molecule has 2 heteroatoms. The molecule has 0 aromatic heterocycles. The summed E-state index contributed by atoms with van der Waals surface area (Å²) in [7, 11) is 0. The van der Waals surface area contributed by atoms with Crippen LogP contribution in [0.3, 0.4) is 0 Å². The van der Waals surface area contributed by atoms with Crippen molar-refractivity contribution >= 4 is 6.34 Å². The van der Waals surface area contributed by atoms with E-state index in [0.29, 0.717) is 0 Å². The predicted molar refractivity (Wildman–Crippen MR) is 36.6 cm³/mol. The molecule has 0 aliphatic carbocycles. The molecule has 44 valence electrons. The Morgan fingerprint density at radius 3 is 2.88 bits per heavy atom. The lowest BCUT2D eigenvalue weighted by Crippen LogP contribution is -1.97. The van der Waals surface area contributed by atoms with Crippen molar-refractivity contribution in [3.63, 3.8) is 0 Å². The van der Waals surface area contributed by atoms with Crippen LogP contribution in [0.5, 0.6) is 0 Å². The third-order valence-electron chi connectivity index (χ3n) is 0.502. The standard InChI is InChI=1S/C6H10N2/c1-3-5-8-6-7-4-2/h3-6H,2H2,1H3,(H,7,8). The first-order valence-corrected chi connectivity index (χ1v) is 2.41. The van der Waals surface area contributed by atoms with E-state index in [1.807, 2.05) is 13.0 Å². The first-order chi connectivity index (χ1) is 3.91. The van der Waals surface area contributed by atoms with Crippen molar-refractivity contribution in [2.75, 3.05) is 0 Å². The average Bonchev–Trinajstić information content (AvgIpc) is 1.81. The highest BCUT2D eigenvalue weighted by Gasteiger charge is 1.57. The van der Waals surface area contributed by atoms with Gasteiger partial charge in [-0.1, -0.05) is 12.7 Å². The molecule has 0 fully saturated rings. The Labute approximate surface area is 49.6 Å². The monoisotopic (exact) mass is 110 g/mol. The minimum absolute atomic E-state index is 1.56. The molecular formula is C6H10N2. The molecule has 0 aliphatic rings. The van der Waals surface area contributed by atoms with Crippen molar-refractivity contribution in [2.24, 2.45) is 4.99 Å². The minimum Gasteiger partial charge on any atom is -0.353 e. The second-order valence-corrected chi connectivity index (χ2v) is 1.13. The Balaban J connectivity index is 3.19. The van der Waals surface area contributed by atoms with Gasteiger partial charge < -0.3 is 5.32 Å². The molecule has 0 aromatic carbocycles. The van der Waals surface area contributed by atoms with Gasteiger partial charge in [0.2, 0.25) is 0 Å². The van der Waals surface area contributed by atoms with E-state index in [1.165, 1.54) is 0 Å². The van der Waals surface area contributed by atoms with Gasteiger partial charge in [0.25, 0.3) is 0 Å². The molecule has 0 aliphatic heterocycles. The summed E-state index contributed by atoms with van der Waals surface area (Å²) in [4.78, 5) is 3.79. The maximum atomic E-state index is 3.79. The summed E-state index contributed by atoms with van der Waals surface area (Å²) < 4.78 is 0. The van der Waals surface area contributed by atoms with Gasteiger partial charge in [-0.15, -0.1) is 0 Å². The molecule has 0 atom stereocenters. The van der Waals surface area contributed by atoms with E-state index < -0.39 is 0 Å². The van der Waals surface area contributed by atoms with Crippen LogP contribution in [0.1, 0.15) is 6.92 Å². The van der Waals surface area contributed by atoms with Crippen LogP contribution < -0.4 is 5.32 Å². The SMILES string of the molecule is C=CNC=NC=CC. The van der Waals surface area contributed by atoms with E-state index >= 15 is 0 Å². The fourth-order valence-corrected chi connectivity index (χ4v) is 0.225. The van der Waals surface area contributed by atoms with Crippen LogP contribution in [-0.2, 0) is 0 Å². The summed E-state index contributed by atoms with van der Waals surface area (Å²) >= 11 is 0. The Bertz CT molecular complexity index is 103. The van der Waals surface area contributed by atoms with Gasteiger partial charge in [-0.3, -0.25) is 0 Å². The molecule has 0 saturated heterocycles. The van der Waals surface area contributed by atoms with Crippen molar-refractivity contribution < 1.29 is 0 Å². The second-order valence-electron chi connectivity index (χ2n) is 1.13. The van der Waals surface area contributed by atoms with Crippen molar-refractivity contribution in [1.29, 1.82) is 0 Å². The maximum Gasteiger partial charge on any atom is 0.0918 e. The lowest BCUT2D eigenvalue weighted by molar-refractivity contribution is 1.31. The van der Waals surface area contributed by atoms with Crippen molar-refractivity contribution in [3.05, 3.63) is 25.1 Å². The van der Waals surface area contributed by atoms with Crippen molar-refractivity contribution in [3.8, 4) is 0 Å². The second kappa shape index (κ2) is 5.95. The molecule has 0 radical (unpaired) electrons. The van der Waals surface area contributed by atoms with Gasteiger partial charge in [0.05, 0.1) is 6.34 Å². The number of hydrogen-bond acceptors (Lipinski definition) is 1. The van der Waals surface area contributed by atoms with Crippen LogP contribution in [0.25, 0.3) is 0 Å². The van der Waals surface area contributed by atoms with Gasteiger partial charge in [0.1, 0.15) is 0 Å². The van der Waals surface area contributed by atoms with E-state index in [2.05, 4.69) is 16.9 Å².